The molecule has 1 aromatic heterocycles. The van der Waals surface area contributed by atoms with Crippen molar-refractivity contribution < 1.29 is 19.1 Å². The molecule has 3 amide bonds. The number of nitrogens with one attached hydrogen (secondary N) is 2. The van der Waals surface area contributed by atoms with Gasteiger partial charge >= 0.3 is 0 Å². The van der Waals surface area contributed by atoms with Crippen LogP contribution in [0.5, 0.6) is 5.75 Å². The van der Waals surface area contributed by atoms with E-state index >= 15 is 0 Å². The van der Waals surface area contributed by atoms with Crippen LogP contribution >= 0.6 is 11.6 Å². The number of anilines is 3. The van der Waals surface area contributed by atoms with Crippen molar-refractivity contribution in [3.05, 3.63) is 125 Å². The molecule has 0 radical (unpaired) electrons. The minimum atomic E-state index is -0.350. The Kier molecular flexibility index (Phi) is 7.38. The number of carbonyl (C=O) groups is 3. The van der Waals surface area contributed by atoms with E-state index in [2.05, 4.69) is 15.6 Å². The molecular formula is C30H23ClN4O4. The largest absolute Gasteiger partial charge is 0.486 e. The first kappa shape index (κ1) is 25.7. The maximum atomic E-state index is 12.7. The number of imide groups is 1. The molecule has 0 saturated carbocycles. The van der Waals surface area contributed by atoms with E-state index in [0.717, 1.165) is 10.6 Å². The number of ether oxygens (including phenoxy) is 1. The molecule has 39 heavy (non-hydrogen) atoms. The molecule has 5 rings (SSSR count). The second-order valence-electron chi connectivity index (χ2n) is 8.72. The van der Waals surface area contributed by atoms with Gasteiger partial charge in [0.1, 0.15) is 12.4 Å². The van der Waals surface area contributed by atoms with Gasteiger partial charge in [-0.05, 0) is 73.7 Å². The molecule has 0 spiro atoms. The Morgan fingerprint density at radius 3 is 2.23 bits per heavy atom. The SMILES string of the molecule is C/C(=C\Nc1ccc(N2C(=O)c3ccccc3C2=O)cc1)C(=O)Nc1ccc(OCc2ccccn2)c(Cl)c1. The number of hydrogen-bond donors (Lipinski definition) is 2. The van der Waals surface area contributed by atoms with Gasteiger partial charge in [-0.1, -0.05) is 29.8 Å². The normalized spacial score (nSPS) is 12.8. The molecule has 0 unspecified atom stereocenters. The van der Waals surface area contributed by atoms with Crippen LogP contribution in [0.2, 0.25) is 5.02 Å². The van der Waals surface area contributed by atoms with Crippen molar-refractivity contribution in [2.24, 2.45) is 0 Å². The number of aromatic nitrogens is 1. The van der Waals surface area contributed by atoms with Gasteiger partial charge in [-0.15, -0.1) is 0 Å². The summed E-state index contributed by atoms with van der Waals surface area (Å²) >= 11 is 6.33. The highest BCUT2D eigenvalue weighted by Gasteiger charge is 2.36. The fraction of sp³-hybridized carbons (Fsp3) is 0.0667. The van der Waals surface area contributed by atoms with Crippen molar-refractivity contribution in [1.29, 1.82) is 0 Å². The van der Waals surface area contributed by atoms with Crippen LogP contribution in [0.3, 0.4) is 0 Å². The number of fused-ring (bicyclic) bond motifs is 1. The summed E-state index contributed by atoms with van der Waals surface area (Å²) in [6, 6.07) is 24.1. The van der Waals surface area contributed by atoms with E-state index in [1.165, 1.54) is 0 Å². The smallest absolute Gasteiger partial charge is 0.266 e. The zero-order valence-electron chi connectivity index (χ0n) is 20.9. The first-order valence-corrected chi connectivity index (χ1v) is 12.4. The quantitative estimate of drug-likeness (QED) is 0.209. The number of benzene rings is 3. The molecule has 2 heterocycles. The Morgan fingerprint density at radius 1 is 0.923 bits per heavy atom. The summed E-state index contributed by atoms with van der Waals surface area (Å²) in [5, 5.41) is 6.22. The molecule has 4 aromatic rings. The number of pyridine rings is 1. The summed E-state index contributed by atoms with van der Waals surface area (Å²) < 4.78 is 5.72. The lowest BCUT2D eigenvalue weighted by molar-refractivity contribution is -0.112. The fourth-order valence-electron chi connectivity index (χ4n) is 3.95. The van der Waals surface area contributed by atoms with Crippen LogP contribution < -0.4 is 20.3 Å². The lowest BCUT2D eigenvalue weighted by atomic mass is 10.1. The summed E-state index contributed by atoms with van der Waals surface area (Å²) in [6.45, 7) is 1.94. The van der Waals surface area contributed by atoms with Gasteiger partial charge in [0.05, 0.1) is 27.5 Å². The Balaban J connectivity index is 1.17. The van der Waals surface area contributed by atoms with Crippen LogP contribution in [0.1, 0.15) is 33.3 Å². The molecule has 0 atom stereocenters. The molecule has 0 fully saturated rings. The summed E-state index contributed by atoms with van der Waals surface area (Å²) in [5.74, 6) is -0.532. The third-order valence-electron chi connectivity index (χ3n) is 6.02. The fourth-order valence-corrected chi connectivity index (χ4v) is 4.18. The first-order chi connectivity index (χ1) is 18.9. The predicted molar refractivity (Wildman–Crippen MR) is 150 cm³/mol. The standard InChI is InChI=1S/C30H23ClN4O4/c1-19(28(36)34-21-11-14-27(26(31)16-21)39-18-22-6-4-5-15-32-22)17-33-20-9-12-23(13-10-20)35-29(37)24-7-2-3-8-25(24)30(35)38/h2-17,33H,18H2,1H3,(H,34,36)/b19-17+. The van der Waals surface area contributed by atoms with Crippen LogP contribution in [0.15, 0.2) is 103 Å². The zero-order valence-corrected chi connectivity index (χ0v) is 21.6. The molecule has 9 heteroatoms. The molecule has 2 N–H and O–H groups in total. The maximum Gasteiger partial charge on any atom is 0.266 e. The van der Waals surface area contributed by atoms with Crippen LogP contribution in [0, 0.1) is 0 Å². The average Bonchev–Trinajstić information content (AvgIpc) is 3.21. The van der Waals surface area contributed by atoms with Gasteiger partial charge in [0.25, 0.3) is 17.7 Å². The van der Waals surface area contributed by atoms with Gasteiger partial charge in [0, 0.05) is 29.3 Å². The van der Waals surface area contributed by atoms with Crippen molar-refractivity contribution in [2.45, 2.75) is 13.5 Å². The first-order valence-electron chi connectivity index (χ1n) is 12.1. The van der Waals surface area contributed by atoms with Crippen LogP contribution in [0.25, 0.3) is 0 Å². The Bertz CT molecular complexity index is 1550. The zero-order chi connectivity index (χ0) is 27.4. The maximum absolute atomic E-state index is 12.7. The summed E-state index contributed by atoms with van der Waals surface area (Å²) in [4.78, 5) is 43.4. The number of halogens is 1. The van der Waals surface area contributed by atoms with Crippen molar-refractivity contribution in [2.75, 3.05) is 15.5 Å². The molecular weight excluding hydrogens is 516 g/mol. The third kappa shape index (κ3) is 5.66. The minimum absolute atomic E-state index is 0.277. The van der Waals surface area contributed by atoms with Crippen LogP contribution in [0.4, 0.5) is 17.1 Å². The van der Waals surface area contributed by atoms with E-state index in [0.29, 0.717) is 44.5 Å². The monoisotopic (exact) mass is 538 g/mol. The van der Waals surface area contributed by atoms with Crippen molar-refractivity contribution in [3.8, 4) is 5.75 Å². The Labute approximate surface area is 229 Å². The molecule has 1 aliphatic heterocycles. The summed E-state index contributed by atoms with van der Waals surface area (Å²) in [7, 11) is 0. The number of rotatable bonds is 8. The highest BCUT2D eigenvalue weighted by molar-refractivity contribution is 6.34. The second kappa shape index (κ2) is 11.2. The van der Waals surface area contributed by atoms with E-state index in [9.17, 15) is 14.4 Å². The van der Waals surface area contributed by atoms with Crippen molar-refractivity contribution in [1.82, 2.24) is 4.98 Å². The van der Waals surface area contributed by atoms with Gasteiger partial charge in [-0.2, -0.15) is 0 Å². The van der Waals surface area contributed by atoms with E-state index in [-0.39, 0.29) is 24.3 Å². The summed E-state index contributed by atoms with van der Waals surface area (Å²) in [5.41, 5.74) is 3.65. The number of nitrogens with zero attached hydrogens (tertiary/aromatic N) is 2. The number of hydrogen-bond acceptors (Lipinski definition) is 6. The average molecular weight is 539 g/mol. The number of carbonyl (C=O) groups excluding carboxylic acids is 3. The van der Waals surface area contributed by atoms with E-state index in [1.54, 1.807) is 86.1 Å². The van der Waals surface area contributed by atoms with E-state index in [1.807, 2.05) is 18.2 Å². The van der Waals surface area contributed by atoms with Crippen molar-refractivity contribution in [3.63, 3.8) is 0 Å². The lowest BCUT2D eigenvalue weighted by Crippen LogP contribution is -2.29. The van der Waals surface area contributed by atoms with E-state index < -0.39 is 0 Å². The molecule has 3 aromatic carbocycles. The number of amides is 3. The predicted octanol–water partition coefficient (Wildman–Crippen LogP) is 6.07. The molecule has 0 aliphatic carbocycles. The van der Waals surface area contributed by atoms with Crippen LogP contribution in [-0.2, 0) is 11.4 Å². The molecule has 8 nitrogen and oxygen atoms in total. The molecule has 1 aliphatic rings. The lowest BCUT2D eigenvalue weighted by Gasteiger charge is -2.14. The van der Waals surface area contributed by atoms with Crippen molar-refractivity contribution >= 4 is 46.4 Å². The van der Waals surface area contributed by atoms with Gasteiger partial charge < -0.3 is 15.4 Å². The minimum Gasteiger partial charge on any atom is -0.486 e. The molecule has 0 bridgehead atoms. The highest BCUT2D eigenvalue weighted by atomic mass is 35.5. The second-order valence-corrected chi connectivity index (χ2v) is 9.13. The summed E-state index contributed by atoms with van der Waals surface area (Å²) in [6.07, 6.45) is 3.26. The highest BCUT2D eigenvalue weighted by Crippen LogP contribution is 2.30. The van der Waals surface area contributed by atoms with E-state index in [4.69, 9.17) is 16.3 Å². The van der Waals surface area contributed by atoms with Gasteiger partial charge in [-0.3, -0.25) is 19.4 Å². The van der Waals surface area contributed by atoms with Gasteiger partial charge in [0.15, 0.2) is 0 Å². The Morgan fingerprint density at radius 2 is 1.59 bits per heavy atom. The van der Waals surface area contributed by atoms with Crippen LogP contribution in [-0.4, -0.2) is 22.7 Å². The third-order valence-corrected chi connectivity index (χ3v) is 6.32. The van der Waals surface area contributed by atoms with Gasteiger partial charge in [-0.25, -0.2) is 4.90 Å². The Hall–Kier alpha value is -4.95. The van der Waals surface area contributed by atoms with Gasteiger partial charge in [0.2, 0.25) is 0 Å². The molecule has 194 valence electrons. The topological polar surface area (TPSA) is 101 Å². The molecule has 0 saturated heterocycles.